The molecular formula is C12H25N3O. The number of rotatable bonds is 3. The second kappa shape index (κ2) is 5.53. The van der Waals surface area contributed by atoms with E-state index in [2.05, 4.69) is 38.0 Å². The van der Waals surface area contributed by atoms with Crippen LogP contribution >= 0.6 is 0 Å². The Morgan fingerprint density at radius 1 is 1.50 bits per heavy atom. The van der Waals surface area contributed by atoms with Gasteiger partial charge in [-0.2, -0.15) is 0 Å². The summed E-state index contributed by atoms with van der Waals surface area (Å²) in [6.45, 7) is 10.0. The van der Waals surface area contributed by atoms with Crippen molar-refractivity contribution in [1.29, 1.82) is 0 Å². The Hall–Kier alpha value is -0.770. The molecule has 16 heavy (non-hydrogen) atoms. The Labute approximate surface area is 98.6 Å². The molecule has 0 spiro atoms. The molecule has 3 N–H and O–H groups in total. The Morgan fingerprint density at radius 3 is 2.75 bits per heavy atom. The van der Waals surface area contributed by atoms with Crippen LogP contribution in [0.5, 0.6) is 0 Å². The maximum Gasteiger partial charge on any atom is 0.188 e. The highest BCUT2D eigenvalue weighted by Crippen LogP contribution is 2.23. The van der Waals surface area contributed by atoms with E-state index in [1.54, 1.807) is 0 Å². The van der Waals surface area contributed by atoms with Crippen LogP contribution in [0.2, 0.25) is 0 Å². The van der Waals surface area contributed by atoms with Crippen molar-refractivity contribution >= 4 is 5.96 Å². The van der Waals surface area contributed by atoms with Crippen molar-refractivity contribution in [2.24, 2.45) is 16.6 Å². The molecule has 1 aliphatic rings. The third-order valence-electron chi connectivity index (χ3n) is 2.75. The van der Waals surface area contributed by atoms with Crippen LogP contribution in [0.15, 0.2) is 4.99 Å². The van der Waals surface area contributed by atoms with Crippen LogP contribution in [0.25, 0.3) is 0 Å². The second-order valence-corrected chi connectivity index (χ2v) is 5.47. The van der Waals surface area contributed by atoms with Gasteiger partial charge in [0.05, 0.1) is 6.10 Å². The second-order valence-electron chi connectivity index (χ2n) is 5.47. The molecule has 0 aromatic heterocycles. The van der Waals surface area contributed by atoms with E-state index in [1.165, 1.54) is 0 Å². The van der Waals surface area contributed by atoms with Crippen molar-refractivity contribution in [1.82, 2.24) is 5.32 Å². The molecular weight excluding hydrogens is 202 g/mol. The molecule has 0 aromatic rings. The SMILES string of the molecule is CCC1OCCC1CN=C(N)NC(C)(C)C. The lowest BCUT2D eigenvalue weighted by Gasteiger charge is -2.21. The summed E-state index contributed by atoms with van der Waals surface area (Å²) in [7, 11) is 0. The van der Waals surface area contributed by atoms with Crippen molar-refractivity contribution in [3.05, 3.63) is 0 Å². The summed E-state index contributed by atoms with van der Waals surface area (Å²) in [5.74, 6) is 1.07. The largest absolute Gasteiger partial charge is 0.378 e. The van der Waals surface area contributed by atoms with Gasteiger partial charge in [-0.3, -0.25) is 4.99 Å². The van der Waals surface area contributed by atoms with E-state index in [4.69, 9.17) is 10.5 Å². The predicted molar refractivity (Wildman–Crippen MR) is 67.5 cm³/mol. The summed E-state index contributed by atoms with van der Waals surface area (Å²) in [5.41, 5.74) is 5.80. The Morgan fingerprint density at radius 2 is 2.19 bits per heavy atom. The molecule has 1 heterocycles. The van der Waals surface area contributed by atoms with E-state index in [1.807, 2.05) is 0 Å². The van der Waals surface area contributed by atoms with Crippen LogP contribution in [0.1, 0.15) is 40.5 Å². The molecule has 94 valence electrons. The number of nitrogens with zero attached hydrogens (tertiary/aromatic N) is 1. The van der Waals surface area contributed by atoms with Crippen molar-refractivity contribution in [2.45, 2.75) is 52.2 Å². The fraction of sp³-hybridized carbons (Fsp3) is 0.917. The lowest BCUT2D eigenvalue weighted by atomic mass is 10.00. The topological polar surface area (TPSA) is 59.6 Å². The maximum atomic E-state index is 5.82. The smallest absolute Gasteiger partial charge is 0.188 e. The van der Waals surface area contributed by atoms with Gasteiger partial charge in [0.1, 0.15) is 0 Å². The average molecular weight is 227 g/mol. The standard InChI is InChI=1S/C12H25N3O/c1-5-10-9(6-7-16-10)8-14-11(13)15-12(2,3)4/h9-10H,5-8H2,1-4H3,(H3,13,14,15). The molecule has 0 aliphatic carbocycles. The minimum Gasteiger partial charge on any atom is -0.378 e. The minimum atomic E-state index is -0.0239. The lowest BCUT2D eigenvalue weighted by molar-refractivity contribution is 0.0893. The predicted octanol–water partition coefficient (Wildman–Crippen LogP) is 1.50. The number of nitrogens with one attached hydrogen (secondary N) is 1. The normalized spacial score (nSPS) is 27.1. The van der Waals surface area contributed by atoms with Gasteiger partial charge in [0.2, 0.25) is 0 Å². The zero-order valence-electron chi connectivity index (χ0n) is 10.9. The van der Waals surface area contributed by atoms with Crippen LogP contribution in [-0.2, 0) is 4.74 Å². The highest BCUT2D eigenvalue weighted by atomic mass is 16.5. The van der Waals surface area contributed by atoms with E-state index in [0.717, 1.165) is 26.0 Å². The van der Waals surface area contributed by atoms with Crippen molar-refractivity contribution in [3.8, 4) is 0 Å². The summed E-state index contributed by atoms with van der Waals surface area (Å²) >= 11 is 0. The van der Waals surface area contributed by atoms with Crippen LogP contribution in [0.4, 0.5) is 0 Å². The molecule has 0 bridgehead atoms. The third-order valence-corrected chi connectivity index (χ3v) is 2.75. The van der Waals surface area contributed by atoms with Gasteiger partial charge in [0.25, 0.3) is 0 Å². The molecule has 2 atom stereocenters. The zero-order chi connectivity index (χ0) is 12.2. The average Bonchev–Trinajstić information content (AvgIpc) is 2.59. The highest BCUT2D eigenvalue weighted by Gasteiger charge is 2.26. The molecule has 0 saturated carbocycles. The first-order chi connectivity index (χ1) is 7.42. The number of guanidine groups is 1. The van der Waals surface area contributed by atoms with E-state index in [-0.39, 0.29) is 5.54 Å². The van der Waals surface area contributed by atoms with E-state index >= 15 is 0 Å². The monoisotopic (exact) mass is 227 g/mol. The summed E-state index contributed by atoms with van der Waals surface area (Å²) in [5, 5.41) is 3.16. The van der Waals surface area contributed by atoms with Gasteiger partial charge >= 0.3 is 0 Å². The van der Waals surface area contributed by atoms with Crippen LogP contribution < -0.4 is 11.1 Å². The molecule has 1 rings (SSSR count). The number of aliphatic imine (C=N–C) groups is 1. The van der Waals surface area contributed by atoms with Gasteiger partial charge in [-0.05, 0) is 33.6 Å². The zero-order valence-corrected chi connectivity index (χ0v) is 10.9. The van der Waals surface area contributed by atoms with Gasteiger partial charge in [-0.1, -0.05) is 6.92 Å². The van der Waals surface area contributed by atoms with Gasteiger partial charge in [-0.25, -0.2) is 0 Å². The molecule has 0 aromatic carbocycles. The Kier molecular flexibility index (Phi) is 4.59. The Balaban J connectivity index is 2.40. The van der Waals surface area contributed by atoms with Crippen LogP contribution in [0, 0.1) is 5.92 Å². The first-order valence-corrected chi connectivity index (χ1v) is 6.12. The van der Waals surface area contributed by atoms with Crippen LogP contribution in [0.3, 0.4) is 0 Å². The molecule has 2 unspecified atom stereocenters. The van der Waals surface area contributed by atoms with Gasteiger partial charge < -0.3 is 15.8 Å². The van der Waals surface area contributed by atoms with Crippen molar-refractivity contribution in [2.75, 3.05) is 13.2 Å². The highest BCUT2D eigenvalue weighted by molar-refractivity contribution is 5.78. The lowest BCUT2D eigenvalue weighted by Crippen LogP contribution is -2.45. The van der Waals surface area contributed by atoms with Crippen molar-refractivity contribution in [3.63, 3.8) is 0 Å². The van der Waals surface area contributed by atoms with Gasteiger partial charge in [0, 0.05) is 24.6 Å². The van der Waals surface area contributed by atoms with E-state index in [0.29, 0.717) is 18.0 Å². The van der Waals surface area contributed by atoms with Gasteiger partial charge in [-0.15, -0.1) is 0 Å². The summed E-state index contributed by atoms with van der Waals surface area (Å²) in [6.07, 6.45) is 2.53. The third kappa shape index (κ3) is 4.39. The molecule has 4 heteroatoms. The summed E-state index contributed by atoms with van der Waals surface area (Å²) < 4.78 is 5.62. The summed E-state index contributed by atoms with van der Waals surface area (Å²) in [4.78, 5) is 4.39. The molecule has 0 amide bonds. The first kappa shape index (κ1) is 13.3. The fourth-order valence-corrected chi connectivity index (χ4v) is 1.99. The molecule has 0 radical (unpaired) electrons. The maximum absolute atomic E-state index is 5.82. The minimum absolute atomic E-state index is 0.0239. The van der Waals surface area contributed by atoms with Gasteiger partial charge in [0.15, 0.2) is 5.96 Å². The molecule has 1 fully saturated rings. The number of ether oxygens (including phenoxy) is 1. The number of nitrogens with two attached hydrogens (primary N) is 1. The number of hydrogen-bond acceptors (Lipinski definition) is 2. The number of hydrogen-bond donors (Lipinski definition) is 2. The first-order valence-electron chi connectivity index (χ1n) is 6.12. The summed E-state index contributed by atoms with van der Waals surface area (Å²) in [6, 6.07) is 0. The van der Waals surface area contributed by atoms with Crippen LogP contribution in [-0.4, -0.2) is 30.8 Å². The fourth-order valence-electron chi connectivity index (χ4n) is 1.99. The quantitative estimate of drug-likeness (QED) is 0.567. The van der Waals surface area contributed by atoms with E-state index in [9.17, 15) is 0 Å². The van der Waals surface area contributed by atoms with Crippen molar-refractivity contribution < 1.29 is 4.74 Å². The Bertz CT molecular complexity index is 245. The molecule has 1 aliphatic heterocycles. The molecule has 4 nitrogen and oxygen atoms in total. The van der Waals surface area contributed by atoms with E-state index < -0.39 is 0 Å². The molecule has 1 saturated heterocycles.